The number of rotatable bonds is 5. The van der Waals surface area contributed by atoms with Gasteiger partial charge >= 0.3 is 0 Å². The fourth-order valence-electron chi connectivity index (χ4n) is 2.98. The highest BCUT2D eigenvalue weighted by Gasteiger charge is 2.15. The monoisotopic (exact) mass is 345 g/mol. The number of hydrogen-bond donors (Lipinski definition) is 1. The van der Waals surface area contributed by atoms with Crippen molar-refractivity contribution in [2.45, 2.75) is 6.54 Å². The van der Waals surface area contributed by atoms with Crippen LogP contribution in [0.3, 0.4) is 0 Å². The molecule has 2 N–H and O–H groups in total. The van der Waals surface area contributed by atoms with Crippen molar-refractivity contribution in [3.63, 3.8) is 0 Å². The highest BCUT2D eigenvalue weighted by Crippen LogP contribution is 2.28. The molecule has 0 spiro atoms. The van der Waals surface area contributed by atoms with Gasteiger partial charge in [0.15, 0.2) is 5.76 Å². The van der Waals surface area contributed by atoms with Crippen molar-refractivity contribution in [2.24, 2.45) is 5.73 Å². The minimum atomic E-state index is 0.403. The van der Waals surface area contributed by atoms with Gasteiger partial charge in [0.1, 0.15) is 11.4 Å². The van der Waals surface area contributed by atoms with E-state index in [1.807, 2.05) is 53.2 Å². The molecule has 0 radical (unpaired) electrons. The molecule has 0 fully saturated rings. The number of nitrogens with zero attached hydrogens (tertiary/aromatic N) is 2. The van der Waals surface area contributed by atoms with Crippen molar-refractivity contribution in [3.8, 4) is 34.0 Å². The fourth-order valence-corrected chi connectivity index (χ4v) is 2.98. The van der Waals surface area contributed by atoms with Crippen LogP contribution >= 0.6 is 0 Å². The summed E-state index contributed by atoms with van der Waals surface area (Å²) in [6, 6.07) is 20.0. The van der Waals surface area contributed by atoms with Gasteiger partial charge in [-0.1, -0.05) is 24.3 Å². The van der Waals surface area contributed by atoms with Gasteiger partial charge in [-0.2, -0.15) is 5.10 Å². The predicted octanol–water partition coefficient (Wildman–Crippen LogP) is 4.27. The molecule has 2 heterocycles. The van der Waals surface area contributed by atoms with Crippen molar-refractivity contribution < 1.29 is 9.15 Å². The van der Waals surface area contributed by atoms with E-state index in [4.69, 9.17) is 14.9 Å². The van der Waals surface area contributed by atoms with E-state index in [1.165, 1.54) is 0 Å². The molecule has 2 aromatic heterocycles. The van der Waals surface area contributed by atoms with Crippen molar-refractivity contribution in [1.82, 2.24) is 9.78 Å². The van der Waals surface area contributed by atoms with Crippen LogP contribution in [0.25, 0.3) is 28.3 Å². The first-order valence-electron chi connectivity index (χ1n) is 8.36. The summed E-state index contributed by atoms with van der Waals surface area (Å²) in [5.41, 5.74) is 10.9. The second kappa shape index (κ2) is 6.90. The zero-order valence-corrected chi connectivity index (χ0v) is 14.4. The minimum Gasteiger partial charge on any atom is -0.497 e. The van der Waals surface area contributed by atoms with Crippen LogP contribution in [0.2, 0.25) is 0 Å². The molecule has 0 atom stereocenters. The molecule has 4 aromatic rings. The van der Waals surface area contributed by atoms with Crippen LogP contribution in [0.4, 0.5) is 0 Å². The first-order chi connectivity index (χ1) is 12.8. The molecule has 130 valence electrons. The lowest BCUT2D eigenvalue weighted by Gasteiger charge is -2.09. The third-order valence-electron chi connectivity index (χ3n) is 4.35. The summed E-state index contributed by atoms with van der Waals surface area (Å²) in [5, 5.41) is 4.50. The fraction of sp³-hybridized carbons (Fsp3) is 0.0952. The first kappa shape index (κ1) is 16.2. The highest BCUT2D eigenvalue weighted by molar-refractivity contribution is 5.66. The molecule has 4 rings (SSSR count). The first-order valence-corrected chi connectivity index (χ1v) is 8.36. The van der Waals surface area contributed by atoms with Crippen molar-refractivity contribution in [2.75, 3.05) is 7.11 Å². The summed E-state index contributed by atoms with van der Waals surface area (Å²) in [6.07, 6.45) is 3.44. The summed E-state index contributed by atoms with van der Waals surface area (Å²) < 4.78 is 12.6. The molecule has 0 aliphatic carbocycles. The smallest absolute Gasteiger partial charge is 0.152 e. The molecular formula is C21H19N3O2. The maximum Gasteiger partial charge on any atom is 0.152 e. The quantitative estimate of drug-likeness (QED) is 0.587. The van der Waals surface area contributed by atoms with Gasteiger partial charge in [-0.15, -0.1) is 0 Å². The van der Waals surface area contributed by atoms with Gasteiger partial charge in [0, 0.05) is 12.1 Å². The standard InChI is InChI=1S/C21H19N3O2/c1-25-19-10-6-16(7-11-19)15-4-8-18(9-5-15)24-21(17(13-22)14-23-24)20-3-2-12-26-20/h2-12,14H,13,22H2,1H3. The molecular weight excluding hydrogens is 326 g/mol. The second-order valence-corrected chi connectivity index (χ2v) is 5.89. The van der Waals surface area contributed by atoms with Gasteiger partial charge in [-0.25, -0.2) is 4.68 Å². The Labute approximate surface area is 151 Å². The third kappa shape index (κ3) is 2.89. The van der Waals surface area contributed by atoms with E-state index in [9.17, 15) is 0 Å². The van der Waals surface area contributed by atoms with Crippen LogP contribution in [-0.4, -0.2) is 16.9 Å². The number of nitrogens with two attached hydrogens (primary N) is 1. The average molecular weight is 345 g/mol. The number of methoxy groups -OCH3 is 1. The van der Waals surface area contributed by atoms with Gasteiger partial charge < -0.3 is 14.9 Å². The Balaban J connectivity index is 1.70. The summed E-state index contributed by atoms with van der Waals surface area (Å²) in [5.74, 6) is 1.60. The van der Waals surface area contributed by atoms with E-state index >= 15 is 0 Å². The van der Waals surface area contributed by atoms with E-state index in [-0.39, 0.29) is 0 Å². The lowest BCUT2D eigenvalue weighted by atomic mass is 10.1. The van der Waals surface area contributed by atoms with Crippen molar-refractivity contribution in [1.29, 1.82) is 0 Å². The van der Waals surface area contributed by atoms with E-state index in [0.29, 0.717) is 6.54 Å². The molecule has 0 bridgehead atoms. The van der Waals surface area contributed by atoms with E-state index < -0.39 is 0 Å². The number of aromatic nitrogens is 2. The van der Waals surface area contributed by atoms with Crippen LogP contribution in [0.15, 0.2) is 77.5 Å². The second-order valence-electron chi connectivity index (χ2n) is 5.89. The molecule has 0 unspecified atom stereocenters. The normalized spacial score (nSPS) is 10.8. The molecule has 5 nitrogen and oxygen atoms in total. The largest absolute Gasteiger partial charge is 0.497 e. The van der Waals surface area contributed by atoms with Crippen molar-refractivity contribution >= 4 is 0 Å². The van der Waals surface area contributed by atoms with Gasteiger partial charge in [0.25, 0.3) is 0 Å². The van der Waals surface area contributed by atoms with Crippen LogP contribution in [0, 0.1) is 0 Å². The predicted molar refractivity (Wildman–Crippen MR) is 101 cm³/mol. The summed E-state index contributed by atoms with van der Waals surface area (Å²) in [7, 11) is 1.67. The average Bonchev–Trinajstić information content (AvgIpc) is 3.37. The molecule has 0 aliphatic rings. The summed E-state index contributed by atoms with van der Waals surface area (Å²) >= 11 is 0. The summed E-state index contributed by atoms with van der Waals surface area (Å²) in [6.45, 7) is 0.403. The van der Waals surface area contributed by atoms with Gasteiger partial charge in [-0.3, -0.25) is 0 Å². The van der Waals surface area contributed by atoms with E-state index in [2.05, 4.69) is 17.2 Å². The molecule has 0 aliphatic heterocycles. The van der Waals surface area contributed by atoms with Gasteiger partial charge in [0.05, 0.1) is 25.3 Å². The Hall–Kier alpha value is -3.31. The zero-order valence-electron chi connectivity index (χ0n) is 14.4. The van der Waals surface area contributed by atoms with Crippen LogP contribution < -0.4 is 10.5 Å². The molecule has 2 aromatic carbocycles. The zero-order chi connectivity index (χ0) is 17.9. The van der Waals surface area contributed by atoms with Crippen molar-refractivity contribution in [3.05, 3.63) is 78.7 Å². The minimum absolute atomic E-state index is 0.403. The number of hydrogen-bond acceptors (Lipinski definition) is 4. The summed E-state index contributed by atoms with van der Waals surface area (Å²) in [4.78, 5) is 0. The van der Waals surface area contributed by atoms with Gasteiger partial charge in [0.2, 0.25) is 0 Å². The highest BCUT2D eigenvalue weighted by atomic mass is 16.5. The maximum atomic E-state index is 5.87. The Bertz CT molecular complexity index is 985. The van der Waals surface area contributed by atoms with Crippen LogP contribution in [0.1, 0.15) is 5.56 Å². The van der Waals surface area contributed by atoms with Gasteiger partial charge in [-0.05, 0) is 47.5 Å². The van der Waals surface area contributed by atoms with E-state index in [0.717, 1.165) is 39.6 Å². The Morgan fingerprint density at radius 1 is 1.00 bits per heavy atom. The SMILES string of the molecule is COc1ccc(-c2ccc(-n3ncc(CN)c3-c3ccco3)cc2)cc1. The molecule has 0 amide bonds. The van der Waals surface area contributed by atoms with Crippen LogP contribution in [-0.2, 0) is 6.54 Å². The molecule has 26 heavy (non-hydrogen) atoms. The number of ether oxygens (including phenoxy) is 1. The molecule has 0 saturated carbocycles. The molecule has 5 heteroatoms. The topological polar surface area (TPSA) is 66.2 Å². The maximum absolute atomic E-state index is 5.87. The molecule has 0 saturated heterocycles. The third-order valence-corrected chi connectivity index (χ3v) is 4.35. The Morgan fingerprint density at radius 3 is 2.27 bits per heavy atom. The van der Waals surface area contributed by atoms with E-state index in [1.54, 1.807) is 19.6 Å². The lowest BCUT2D eigenvalue weighted by Crippen LogP contribution is -2.02. The Kier molecular flexibility index (Phi) is 4.29. The number of benzene rings is 2. The van der Waals surface area contributed by atoms with Crippen LogP contribution in [0.5, 0.6) is 5.75 Å². The number of furan rings is 1. The lowest BCUT2D eigenvalue weighted by molar-refractivity contribution is 0.415. The Morgan fingerprint density at radius 2 is 1.69 bits per heavy atom.